The van der Waals surface area contributed by atoms with Crippen LogP contribution in [0.15, 0.2) is 169 Å². The highest BCUT2D eigenvalue weighted by molar-refractivity contribution is 8.11. The van der Waals surface area contributed by atoms with Crippen molar-refractivity contribution >= 4 is 103 Å². The molecular weight excluding hydrogens is 685 g/mol. The van der Waals surface area contributed by atoms with Gasteiger partial charge in [-0.15, -0.1) is 22.7 Å². The molecule has 0 spiro atoms. The maximum absolute atomic E-state index is 2.45. The molecule has 3 heteroatoms. The zero-order chi connectivity index (χ0) is 34.2. The lowest BCUT2D eigenvalue weighted by Gasteiger charge is -2.19. The molecule has 3 heterocycles. The molecule has 0 saturated heterocycles. The molecule has 0 N–H and O–H groups in total. The molecule has 0 atom stereocenters. The molecule has 52 heavy (non-hydrogen) atoms. The van der Waals surface area contributed by atoms with Crippen molar-refractivity contribution in [2.24, 2.45) is 0 Å². The van der Waals surface area contributed by atoms with Crippen LogP contribution in [-0.2, 0) is 0 Å². The number of allylic oxidation sites excluding steroid dienone is 2. The maximum atomic E-state index is 2.45. The van der Waals surface area contributed by atoms with Gasteiger partial charge in [-0.25, -0.2) is 0 Å². The van der Waals surface area contributed by atoms with E-state index >= 15 is 0 Å². The first kappa shape index (κ1) is 30.2. The molecule has 0 aliphatic carbocycles. The van der Waals surface area contributed by atoms with Crippen molar-refractivity contribution in [1.29, 1.82) is 0 Å². The van der Waals surface area contributed by atoms with E-state index in [1.807, 2.05) is 34.4 Å². The molecule has 8 aromatic carbocycles. The van der Waals surface area contributed by atoms with E-state index in [1.165, 1.54) is 106 Å². The number of fused-ring (bicyclic) bond motifs is 7. The predicted molar refractivity (Wildman–Crippen MR) is 233 cm³/mol. The summed E-state index contributed by atoms with van der Waals surface area (Å²) in [5, 5.41) is 17.5. The molecule has 0 radical (unpaired) electrons. The minimum absolute atomic E-state index is 0.974. The van der Waals surface area contributed by atoms with Crippen LogP contribution < -0.4 is 0 Å². The third-order valence-corrected chi connectivity index (χ3v) is 13.6. The van der Waals surface area contributed by atoms with Crippen molar-refractivity contribution in [3.8, 4) is 32.7 Å². The van der Waals surface area contributed by atoms with E-state index in [9.17, 15) is 0 Å². The Bertz CT molecular complexity index is 3010. The molecule has 244 valence electrons. The van der Waals surface area contributed by atoms with Crippen LogP contribution in [0.1, 0.15) is 12.0 Å². The fourth-order valence-electron chi connectivity index (χ4n) is 8.56. The van der Waals surface area contributed by atoms with Gasteiger partial charge in [0.1, 0.15) is 0 Å². The quantitative estimate of drug-likeness (QED) is 0.164. The van der Waals surface area contributed by atoms with Gasteiger partial charge in [0.2, 0.25) is 0 Å². The summed E-state index contributed by atoms with van der Waals surface area (Å²) in [5.41, 5.74) is 7.87. The Morgan fingerprint density at radius 2 is 1.04 bits per heavy atom. The first-order valence-electron chi connectivity index (χ1n) is 17.7. The first-order valence-corrected chi connectivity index (χ1v) is 20.3. The molecule has 1 aliphatic rings. The largest absolute Gasteiger partial charge is 0.144 e. The Balaban J connectivity index is 1.18. The van der Waals surface area contributed by atoms with Gasteiger partial charge in [0.15, 0.2) is 0 Å². The topological polar surface area (TPSA) is 0 Å². The molecule has 1 aliphatic heterocycles. The maximum Gasteiger partial charge on any atom is 0.0361 e. The predicted octanol–water partition coefficient (Wildman–Crippen LogP) is 15.7. The van der Waals surface area contributed by atoms with Gasteiger partial charge in [0.25, 0.3) is 0 Å². The van der Waals surface area contributed by atoms with Crippen LogP contribution in [0.25, 0.3) is 101 Å². The second-order valence-electron chi connectivity index (χ2n) is 13.4. The van der Waals surface area contributed by atoms with Crippen LogP contribution in [0, 0.1) is 0 Å². The Hall–Kier alpha value is -5.45. The van der Waals surface area contributed by atoms with E-state index in [1.54, 1.807) is 0 Å². The zero-order valence-electron chi connectivity index (χ0n) is 28.1. The van der Waals surface area contributed by atoms with Gasteiger partial charge in [-0.3, -0.25) is 0 Å². The second kappa shape index (κ2) is 12.1. The molecule has 0 unspecified atom stereocenters. The summed E-state index contributed by atoms with van der Waals surface area (Å²) in [4.78, 5) is 2.65. The number of hydrogen-bond acceptors (Lipinski definition) is 3. The molecule has 0 saturated carbocycles. The highest BCUT2D eigenvalue weighted by Crippen LogP contribution is 2.50. The molecule has 0 nitrogen and oxygen atoms in total. The molecule has 11 rings (SSSR count). The van der Waals surface area contributed by atoms with Crippen molar-refractivity contribution in [1.82, 2.24) is 0 Å². The van der Waals surface area contributed by atoms with Crippen molar-refractivity contribution in [3.63, 3.8) is 0 Å². The summed E-state index contributed by atoms with van der Waals surface area (Å²) in [7, 11) is 0. The highest BCUT2D eigenvalue weighted by atomic mass is 32.2. The Kier molecular flexibility index (Phi) is 7.01. The van der Waals surface area contributed by atoms with Gasteiger partial charge in [0, 0.05) is 41.1 Å². The number of rotatable bonds is 4. The summed E-state index contributed by atoms with van der Waals surface area (Å²) in [5.74, 6) is 0. The first-order chi connectivity index (χ1) is 25.8. The monoisotopic (exact) mass is 714 g/mol. The van der Waals surface area contributed by atoms with Crippen LogP contribution in [0.4, 0.5) is 0 Å². The smallest absolute Gasteiger partial charge is 0.0361 e. The van der Waals surface area contributed by atoms with Gasteiger partial charge in [-0.05, 0) is 101 Å². The number of thiophene rings is 2. The average molecular weight is 715 g/mol. The lowest BCUT2D eigenvalue weighted by atomic mass is 9.86. The lowest BCUT2D eigenvalue weighted by Crippen LogP contribution is -1.93. The standard InChI is InChI=1S/C49H30S3/c1-5-17-35-31(13-1)45(32-14-2-6-18-36(32)47(35)41-22-9-10-27-50-41)30-25-26-39-44(29-30)52-43-23-11-21-40(49(39)43)46-33-15-3-7-19-37(33)48(42-24-12-28-51-42)38-20-8-4-16-34(38)46/h1-8,10-29H,9H2. The van der Waals surface area contributed by atoms with Gasteiger partial charge in [0.05, 0.1) is 0 Å². The van der Waals surface area contributed by atoms with Gasteiger partial charge in [-0.2, -0.15) is 0 Å². The van der Waals surface area contributed by atoms with Crippen molar-refractivity contribution in [2.75, 3.05) is 0 Å². The Labute approximate surface area is 314 Å². The molecule has 10 aromatic rings. The minimum Gasteiger partial charge on any atom is -0.144 e. The third kappa shape index (κ3) is 4.53. The van der Waals surface area contributed by atoms with E-state index in [-0.39, 0.29) is 0 Å². The van der Waals surface area contributed by atoms with Crippen LogP contribution in [0.2, 0.25) is 0 Å². The minimum atomic E-state index is 0.974. The van der Waals surface area contributed by atoms with E-state index in [0.717, 1.165) is 6.42 Å². The Morgan fingerprint density at radius 3 is 1.62 bits per heavy atom. The van der Waals surface area contributed by atoms with Crippen LogP contribution >= 0.6 is 34.4 Å². The summed E-state index contributed by atoms with van der Waals surface area (Å²) in [6.07, 6.45) is 5.59. The van der Waals surface area contributed by atoms with Crippen molar-refractivity contribution in [2.45, 2.75) is 6.42 Å². The van der Waals surface area contributed by atoms with E-state index < -0.39 is 0 Å². The fourth-order valence-corrected chi connectivity index (χ4v) is 11.4. The van der Waals surface area contributed by atoms with Crippen molar-refractivity contribution < 1.29 is 0 Å². The number of hydrogen-bond donors (Lipinski definition) is 0. The number of benzene rings is 8. The van der Waals surface area contributed by atoms with E-state index in [4.69, 9.17) is 0 Å². The SMILES string of the molecule is C1=CSC(c2c3ccccc3c(-c3ccc4c(c3)sc3cccc(-c5c6ccccc6c(-c6cccs6)c6ccccc56)c34)c3ccccc23)=CC1. The summed E-state index contributed by atoms with van der Waals surface area (Å²) in [6, 6.07) is 54.5. The summed E-state index contributed by atoms with van der Waals surface area (Å²) < 4.78 is 2.64. The molecule has 0 bridgehead atoms. The van der Waals surface area contributed by atoms with Crippen LogP contribution in [0.3, 0.4) is 0 Å². The van der Waals surface area contributed by atoms with Gasteiger partial charge < -0.3 is 0 Å². The molecule has 0 fully saturated rings. The second-order valence-corrected chi connectivity index (χ2v) is 16.4. The number of thioether (sulfide) groups is 1. The van der Waals surface area contributed by atoms with Gasteiger partial charge >= 0.3 is 0 Å². The Morgan fingerprint density at radius 1 is 0.442 bits per heavy atom. The summed E-state index contributed by atoms with van der Waals surface area (Å²) >= 11 is 5.56. The lowest BCUT2D eigenvalue weighted by molar-refractivity contribution is 1.41. The molecule has 0 amide bonds. The summed E-state index contributed by atoms with van der Waals surface area (Å²) in [6.45, 7) is 0. The van der Waals surface area contributed by atoms with E-state index in [2.05, 4.69) is 169 Å². The highest BCUT2D eigenvalue weighted by Gasteiger charge is 2.22. The van der Waals surface area contributed by atoms with Crippen LogP contribution in [0.5, 0.6) is 0 Å². The van der Waals surface area contributed by atoms with E-state index in [0.29, 0.717) is 0 Å². The molecule has 2 aromatic heterocycles. The van der Waals surface area contributed by atoms with Gasteiger partial charge in [-0.1, -0.05) is 151 Å². The normalized spacial score (nSPS) is 13.3. The molecular formula is C49H30S3. The average Bonchev–Trinajstić information content (AvgIpc) is 3.87. The van der Waals surface area contributed by atoms with Crippen LogP contribution in [-0.4, -0.2) is 0 Å². The van der Waals surface area contributed by atoms with Crippen molar-refractivity contribution in [3.05, 3.63) is 174 Å². The zero-order valence-corrected chi connectivity index (χ0v) is 30.5. The fraction of sp³-hybridized carbons (Fsp3) is 0.0204. The third-order valence-electron chi connectivity index (χ3n) is 10.7.